The molecule has 5 heteroatoms. The number of nitrogens with one attached hydrogen (secondary N) is 1. The van der Waals surface area contributed by atoms with E-state index in [0.717, 1.165) is 6.54 Å². The summed E-state index contributed by atoms with van der Waals surface area (Å²) < 4.78 is 0. The number of hydrogen-bond acceptors (Lipinski definition) is 4. The van der Waals surface area contributed by atoms with Crippen molar-refractivity contribution in [2.75, 3.05) is 25.5 Å². The fraction of sp³-hybridized carbons (Fsp3) is 0.583. The molecule has 0 aromatic carbocycles. The molecule has 1 heterocycles. The Balaban J connectivity index is 2.78. The van der Waals surface area contributed by atoms with Gasteiger partial charge in [-0.2, -0.15) is 0 Å². The van der Waals surface area contributed by atoms with Crippen LogP contribution in [-0.4, -0.2) is 40.9 Å². The lowest BCUT2D eigenvalue weighted by molar-refractivity contribution is 0.0739. The van der Waals surface area contributed by atoms with Crippen molar-refractivity contribution in [3.05, 3.63) is 18.1 Å². The van der Waals surface area contributed by atoms with E-state index in [1.807, 2.05) is 6.92 Å². The van der Waals surface area contributed by atoms with E-state index in [1.165, 1.54) is 6.20 Å². The summed E-state index contributed by atoms with van der Waals surface area (Å²) in [6, 6.07) is 0. The summed E-state index contributed by atoms with van der Waals surface area (Å²) in [6.07, 6.45) is 3.08. The van der Waals surface area contributed by atoms with Gasteiger partial charge < -0.3 is 10.2 Å². The van der Waals surface area contributed by atoms with E-state index in [2.05, 4.69) is 29.1 Å². The molecule has 5 nitrogen and oxygen atoms in total. The molecular weight excluding hydrogens is 216 g/mol. The molecule has 0 fully saturated rings. The number of amides is 1. The van der Waals surface area contributed by atoms with Crippen molar-refractivity contribution in [1.29, 1.82) is 0 Å². The van der Waals surface area contributed by atoms with Crippen molar-refractivity contribution in [3.8, 4) is 0 Å². The van der Waals surface area contributed by atoms with E-state index in [-0.39, 0.29) is 5.91 Å². The zero-order valence-corrected chi connectivity index (χ0v) is 10.9. The van der Waals surface area contributed by atoms with Gasteiger partial charge >= 0.3 is 0 Å². The first kappa shape index (κ1) is 13.4. The highest BCUT2D eigenvalue weighted by molar-refractivity contribution is 5.92. The SMILES string of the molecule is CCN(CC(C)C)C(=O)c1cnc(NC)cn1. The Morgan fingerprint density at radius 3 is 2.53 bits per heavy atom. The highest BCUT2D eigenvalue weighted by Crippen LogP contribution is 2.06. The van der Waals surface area contributed by atoms with Crippen LogP contribution >= 0.6 is 0 Å². The Morgan fingerprint density at radius 2 is 2.12 bits per heavy atom. The van der Waals surface area contributed by atoms with E-state index >= 15 is 0 Å². The second-order valence-corrected chi connectivity index (χ2v) is 4.27. The molecule has 1 N–H and O–H groups in total. The lowest BCUT2D eigenvalue weighted by atomic mass is 10.2. The van der Waals surface area contributed by atoms with Crippen molar-refractivity contribution in [3.63, 3.8) is 0 Å². The van der Waals surface area contributed by atoms with Crippen LogP contribution in [0.15, 0.2) is 12.4 Å². The third kappa shape index (κ3) is 3.69. The molecular formula is C12H20N4O. The lowest BCUT2D eigenvalue weighted by Gasteiger charge is -2.22. The molecule has 0 bridgehead atoms. The Kier molecular flexibility index (Phi) is 4.87. The van der Waals surface area contributed by atoms with E-state index in [4.69, 9.17) is 0 Å². The minimum Gasteiger partial charge on any atom is -0.372 e. The van der Waals surface area contributed by atoms with Crippen LogP contribution in [0, 0.1) is 5.92 Å². The molecule has 0 saturated heterocycles. The highest BCUT2D eigenvalue weighted by atomic mass is 16.2. The van der Waals surface area contributed by atoms with Gasteiger partial charge in [-0.3, -0.25) is 4.79 Å². The predicted molar refractivity (Wildman–Crippen MR) is 68.0 cm³/mol. The molecule has 0 spiro atoms. The summed E-state index contributed by atoms with van der Waals surface area (Å²) in [5.41, 5.74) is 0.395. The van der Waals surface area contributed by atoms with E-state index in [9.17, 15) is 4.79 Å². The van der Waals surface area contributed by atoms with Crippen molar-refractivity contribution >= 4 is 11.7 Å². The summed E-state index contributed by atoms with van der Waals surface area (Å²) in [7, 11) is 1.77. The predicted octanol–water partition coefficient (Wildman–Crippen LogP) is 1.64. The lowest BCUT2D eigenvalue weighted by Crippen LogP contribution is -2.34. The van der Waals surface area contributed by atoms with Crippen LogP contribution in [-0.2, 0) is 0 Å². The van der Waals surface area contributed by atoms with Gasteiger partial charge in [0.1, 0.15) is 11.5 Å². The van der Waals surface area contributed by atoms with Crippen molar-refractivity contribution < 1.29 is 4.79 Å². The van der Waals surface area contributed by atoms with Gasteiger partial charge in [-0.05, 0) is 12.8 Å². The quantitative estimate of drug-likeness (QED) is 0.844. The topological polar surface area (TPSA) is 58.1 Å². The summed E-state index contributed by atoms with van der Waals surface area (Å²) in [4.78, 5) is 22.1. The van der Waals surface area contributed by atoms with Crippen LogP contribution < -0.4 is 5.32 Å². The monoisotopic (exact) mass is 236 g/mol. The number of rotatable bonds is 5. The standard InChI is InChI=1S/C12H20N4O/c1-5-16(8-9(2)3)12(17)10-6-15-11(13-4)7-14-10/h6-7,9H,5,8H2,1-4H3,(H,13,15). The van der Waals surface area contributed by atoms with E-state index in [1.54, 1.807) is 18.1 Å². The number of nitrogens with zero attached hydrogens (tertiary/aromatic N) is 3. The van der Waals surface area contributed by atoms with Gasteiger partial charge in [-0.1, -0.05) is 13.8 Å². The highest BCUT2D eigenvalue weighted by Gasteiger charge is 2.16. The molecule has 1 amide bonds. The number of carbonyl (C=O) groups is 1. The molecule has 1 rings (SSSR count). The average molecular weight is 236 g/mol. The maximum absolute atomic E-state index is 12.1. The van der Waals surface area contributed by atoms with Gasteiger partial charge in [-0.25, -0.2) is 9.97 Å². The summed E-state index contributed by atoms with van der Waals surface area (Å²) in [5.74, 6) is 1.05. The minimum absolute atomic E-state index is 0.0589. The van der Waals surface area contributed by atoms with Crippen LogP contribution in [0.3, 0.4) is 0 Å². The first-order chi connectivity index (χ1) is 8.08. The zero-order valence-electron chi connectivity index (χ0n) is 10.9. The van der Waals surface area contributed by atoms with Crippen LogP contribution in [0.1, 0.15) is 31.3 Å². The molecule has 0 unspecified atom stereocenters. The molecule has 94 valence electrons. The largest absolute Gasteiger partial charge is 0.372 e. The van der Waals surface area contributed by atoms with Gasteiger partial charge in [0.15, 0.2) is 0 Å². The van der Waals surface area contributed by atoms with Crippen molar-refractivity contribution in [2.45, 2.75) is 20.8 Å². The third-order valence-corrected chi connectivity index (χ3v) is 2.38. The van der Waals surface area contributed by atoms with Crippen molar-refractivity contribution in [2.24, 2.45) is 5.92 Å². The molecule has 1 aromatic heterocycles. The molecule has 0 aliphatic rings. The van der Waals surface area contributed by atoms with Crippen LogP contribution in [0.4, 0.5) is 5.82 Å². The fourth-order valence-corrected chi connectivity index (χ4v) is 1.53. The number of hydrogen-bond donors (Lipinski definition) is 1. The molecule has 0 saturated carbocycles. The second-order valence-electron chi connectivity index (χ2n) is 4.27. The fourth-order valence-electron chi connectivity index (χ4n) is 1.53. The molecule has 17 heavy (non-hydrogen) atoms. The molecule has 0 atom stereocenters. The smallest absolute Gasteiger partial charge is 0.274 e. The van der Waals surface area contributed by atoms with Gasteiger partial charge in [0, 0.05) is 20.1 Å². The van der Waals surface area contributed by atoms with E-state index < -0.39 is 0 Å². The van der Waals surface area contributed by atoms with Gasteiger partial charge in [0.05, 0.1) is 12.4 Å². The Hall–Kier alpha value is -1.65. The second kappa shape index (κ2) is 6.18. The maximum Gasteiger partial charge on any atom is 0.274 e. The Bertz CT molecular complexity index is 361. The Labute approximate surface area is 102 Å². The van der Waals surface area contributed by atoms with Crippen LogP contribution in [0.2, 0.25) is 0 Å². The summed E-state index contributed by atoms with van der Waals surface area (Å²) in [6.45, 7) is 7.57. The van der Waals surface area contributed by atoms with Gasteiger partial charge in [0.2, 0.25) is 0 Å². The number of anilines is 1. The third-order valence-electron chi connectivity index (χ3n) is 2.38. The van der Waals surface area contributed by atoms with Crippen LogP contribution in [0.25, 0.3) is 0 Å². The number of aromatic nitrogens is 2. The first-order valence-electron chi connectivity index (χ1n) is 5.87. The maximum atomic E-state index is 12.1. The van der Waals surface area contributed by atoms with Gasteiger partial charge in [-0.15, -0.1) is 0 Å². The summed E-state index contributed by atoms with van der Waals surface area (Å²) in [5, 5.41) is 2.87. The van der Waals surface area contributed by atoms with Gasteiger partial charge in [0.25, 0.3) is 5.91 Å². The van der Waals surface area contributed by atoms with E-state index in [0.29, 0.717) is 24.0 Å². The molecule has 0 aliphatic heterocycles. The average Bonchev–Trinajstić information content (AvgIpc) is 2.35. The molecule has 1 aromatic rings. The minimum atomic E-state index is -0.0589. The van der Waals surface area contributed by atoms with Crippen LogP contribution in [0.5, 0.6) is 0 Å². The first-order valence-corrected chi connectivity index (χ1v) is 5.87. The molecule has 0 aliphatic carbocycles. The molecule has 0 radical (unpaired) electrons. The number of carbonyl (C=O) groups excluding carboxylic acids is 1. The summed E-state index contributed by atoms with van der Waals surface area (Å²) >= 11 is 0. The van der Waals surface area contributed by atoms with Crippen molar-refractivity contribution in [1.82, 2.24) is 14.9 Å². The zero-order chi connectivity index (χ0) is 12.8. The Morgan fingerprint density at radius 1 is 1.41 bits per heavy atom. The normalized spacial score (nSPS) is 10.4.